The molecule has 0 aromatic heterocycles. The molecule has 0 spiro atoms. The van der Waals surface area contributed by atoms with Crippen LogP contribution < -0.4 is 0 Å². The first kappa shape index (κ1) is 10.3. The minimum Gasteiger partial charge on any atom is -0.396 e. The molecule has 0 bridgehead atoms. The third-order valence-electron chi connectivity index (χ3n) is 2.51. The van der Waals surface area contributed by atoms with Gasteiger partial charge in [0.05, 0.1) is 0 Å². The van der Waals surface area contributed by atoms with Crippen LogP contribution in [0.5, 0.6) is 0 Å². The van der Waals surface area contributed by atoms with Gasteiger partial charge >= 0.3 is 0 Å². The molecular weight excluding hydrogens is 166 g/mol. The van der Waals surface area contributed by atoms with Crippen LogP contribution in [0.15, 0.2) is 12.7 Å². The molecule has 1 aliphatic rings. The van der Waals surface area contributed by atoms with E-state index in [1.54, 1.807) is 6.08 Å². The molecule has 1 saturated heterocycles. The Morgan fingerprint density at radius 1 is 1.69 bits per heavy atom. The second-order valence-electron chi connectivity index (χ2n) is 3.50. The van der Waals surface area contributed by atoms with E-state index in [1.807, 2.05) is 4.90 Å². The van der Waals surface area contributed by atoms with E-state index in [0.29, 0.717) is 18.9 Å². The van der Waals surface area contributed by atoms with Crippen LogP contribution in [0, 0.1) is 5.92 Å². The van der Waals surface area contributed by atoms with Crippen LogP contribution in [0.1, 0.15) is 19.3 Å². The van der Waals surface area contributed by atoms with E-state index in [1.165, 1.54) is 0 Å². The number of aliphatic hydroxyl groups is 1. The van der Waals surface area contributed by atoms with E-state index in [2.05, 4.69) is 6.58 Å². The van der Waals surface area contributed by atoms with Crippen molar-refractivity contribution >= 4 is 5.91 Å². The molecule has 0 aromatic rings. The van der Waals surface area contributed by atoms with Gasteiger partial charge in [-0.2, -0.15) is 0 Å². The summed E-state index contributed by atoms with van der Waals surface area (Å²) in [5.41, 5.74) is 0. The number of carbonyl (C=O) groups excluding carboxylic acids is 1. The topological polar surface area (TPSA) is 40.5 Å². The zero-order valence-corrected chi connectivity index (χ0v) is 7.91. The Morgan fingerprint density at radius 2 is 2.46 bits per heavy atom. The van der Waals surface area contributed by atoms with E-state index in [0.717, 1.165) is 19.4 Å². The molecule has 1 amide bonds. The molecule has 1 unspecified atom stereocenters. The summed E-state index contributed by atoms with van der Waals surface area (Å²) in [4.78, 5) is 13.3. The average Bonchev–Trinajstić information content (AvgIpc) is 2.10. The van der Waals surface area contributed by atoms with Gasteiger partial charge in [0.1, 0.15) is 0 Å². The second kappa shape index (κ2) is 5.02. The van der Waals surface area contributed by atoms with Gasteiger partial charge in [0.25, 0.3) is 0 Å². The van der Waals surface area contributed by atoms with Crippen molar-refractivity contribution in [3.8, 4) is 0 Å². The van der Waals surface area contributed by atoms with Crippen LogP contribution in [0.3, 0.4) is 0 Å². The number of carbonyl (C=O) groups is 1. The third-order valence-corrected chi connectivity index (χ3v) is 2.51. The molecule has 3 heteroatoms. The predicted octanol–water partition coefficient (Wildman–Crippen LogP) is 0.793. The molecule has 1 rings (SSSR count). The number of aliphatic hydroxyl groups excluding tert-OH is 1. The number of hydrogen-bond acceptors (Lipinski definition) is 2. The lowest BCUT2D eigenvalue weighted by atomic mass is 9.93. The molecule has 1 atom stereocenters. The number of piperidine rings is 1. The van der Waals surface area contributed by atoms with Crippen molar-refractivity contribution in [2.45, 2.75) is 19.3 Å². The zero-order valence-electron chi connectivity index (χ0n) is 7.91. The minimum atomic E-state index is 0.194. The van der Waals surface area contributed by atoms with Crippen molar-refractivity contribution in [3.63, 3.8) is 0 Å². The highest BCUT2D eigenvalue weighted by atomic mass is 16.3. The minimum absolute atomic E-state index is 0.194. The van der Waals surface area contributed by atoms with E-state index in [-0.39, 0.29) is 12.5 Å². The van der Waals surface area contributed by atoms with Crippen molar-refractivity contribution < 1.29 is 9.90 Å². The fraction of sp³-hybridized carbons (Fsp3) is 0.700. The van der Waals surface area contributed by atoms with Gasteiger partial charge < -0.3 is 10.0 Å². The highest BCUT2D eigenvalue weighted by Gasteiger charge is 2.24. The Bertz CT molecular complexity index is 191. The van der Waals surface area contributed by atoms with Crippen LogP contribution >= 0.6 is 0 Å². The molecule has 1 heterocycles. The summed E-state index contributed by atoms with van der Waals surface area (Å²) < 4.78 is 0. The lowest BCUT2D eigenvalue weighted by Gasteiger charge is -2.30. The van der Waals surface area contributed by atoms with Gasteiger partial charge in [0, 0.05) is 26.1 Å². The number of amides is 1. The highest BCUT2D eigenvalue weighted by molar-refractivity contribution is 5.77. The first-order valence-corrected chi connectivity index (χ1v) is 4.77. The Labute approximate surface area is 79.0 Å². The van der Waals surface area contributed by atoms with Crippen molar-refractivity contribution in [1.29, 1.82) is 0 Å². The van der Waals surface area contributed by atoms with E-state index in [9.17, 15) is 4.79 Å². The monoisotopic (exact) mass is 183 g/mol. The molecule has 3 nitrogen and oxygen atoms in total. The molecule has 0 aromatic carbocycles. The van der Waals surface area contributed by atoms with Gasteiger partial charge in [-0.15, -0.1) is 6.58 Å². The van der Waals surface area contributed by atoms with E-state index < -0.39 is 0 Å². The SMILES string of the molecule is C=CCN1CCC(CCO)CC1=O. The Hall–Kier alpha value is -0.830. The molecule has 0 aliphatic carbocycles. The average molecular weight is 183 g/mol. The van der Waals surface area contributed by atoms with E-state index in [4.69, 9.17) is 5.11 Å². The molecule has 0 radical (unpaired) electrons. The number of nitrogens with zero attached hydrogens (tertiary/aromatic N) is 1. The van der Waals surface area contributed by atoms with E-state index >= 15 is 0 Å². The van der Waals surface area contributed by atoms with Gasteiger partial charge in [-0.05, 0) is 18.8 Å². The summed E-state index contributed by atoms with van der Waals surface area (Å²) >= 11 is 0. The normalized spacial score (nSPS) is 23.3. The summed E-state index contributed by atoms with van der Waals surface area (Å²) in [7, 11) is 0. The zero-order chi connectivity index (χ0) is 9.68. The first-order chi connectivity index (χ1) is 6.27. The summed E-state index contributed by atoms with van der Waals surface area (Å²) in [6, 6.07) is 0. The second-order valence-corrected chi connectivity index (χ2v) is 3.50. The first-order valence-electron chi connectivity index (χ1n) is 4.77. The van der Waals surface area contributed by atoms with Gasteiger partial charge in [-0.25, -0.2) is 0 Å². The molecule has 1 N–H and O–H groups in total. The summed E-state index contributed by atoms with van der Waals surface area (Å²) in [6.07, 6.45) is 4.12. The van der Waals surface area contributed by atoms with Gasteiger partial charge in [0.2, 0.25) is 5.91 Å². The maximum atomic E-state index is 11.5. The predicted molar refractivity (Wildman–Crippen MR) is 51.2 cm³/mol. The molecule has 0 saturated carbocycles. The maximum Gasteiger partial charge on any atom is 0.223 e. The third kappa shape index (κ3) is 2.84. The summed E-state index contributed by atoms with van der Waals surface area (Å²) in [6.45, 7) is 5.28. The van der Waals surface area contributed by atoms with Crippen molar-refractivity contribution in [3.05, 3.63) is 12.7 Å². The van der Waals surface area contributed by atoms with Gasteiger partial charge in [-0.1, -0.05) is 6.08 Å². The highest BCUT2D eigenvalue weighted by Crippen LogP contribution is 2.20. The Morgan fingerprint density at radius 3 is 3.00 bits per heavy atom. The van der Waals surface area contributed by atoms with Gasteiger partial charge in [0.15, 0.2) is 0 Å². The van der Waals surface area contributed by atoms with Crippen LogP contribution in [0.4, 0.5) is 0 Å². The number of hydrogen-bond donors (Lipinski definition) is 1. The van der Waals surface area contributed by atoms with Crippen LogP contribution in [-0.2, 0) is 4.79 Å². The van der Waals surface area contributed by atoms with Crippen molar-refractivity contribution in [2.24, 2.45) is 5.92 Å². The van der Waals surface area contributed by atoms with Crippen LogP contribution in [-0.4, -0.2) is 35.6 Å². The molecule has 13 heavy (non-hydrogen) atoms. The maximum absolute atomic E-state index is 11.5. The van der Waals surface area contributed by atoms with Crippen LogP contribution in [0.25, 0.3) is 0 Å². The fourth-order valence-electron chi connectivity index (χ4n) is 1.72. The van der Waals surface area contributed by atoms with Crippen molar-refractivity contribution in [1.82, 2.24) is 4.90 Å². The Balaban J connectivity index is 2.37. The van der Waals surface area contributed by atoms with Gasteiger partial charge in [-0.3, -0.25) is 4.79 Å². The molecular formula is C10H17NO2. The molecule has 1 aliphatic heterocycles. The number of likely N-dealkylation sites (tertiary alicyclic amines) is 1. The molecule has 1 fully saturated rings. The quantitative estimate of drug-likeness (QED) is 0.655. The van der Waals surface area contributed by atoms with Crippen LogP contribution in [0.2, 0.25) is 0 Å². The smallest absolute Gasteiger partial charge is 0.223 e. The number of rotatable bonds is 4. The lowest BCUT2D eigenvalue weighted by molar-refractivity contribution is -0.134. The fourth-order valence-corrected chi connectivity index (χ4v) is 1.72. The standard InChI is InChI=1S/C10H17NO2/c1-2-5-11-6-3-9(4-7-12)8-10(11)13/h2,9,12H,1,3-8H2. The summed E-state index contributed by atoms with van der Waals surface area (Å²) in [5.74, 6) is 0.586. The van der Waals surface area contributed by atoms with Crippen molar-refractivity contribution in [2.75, 3.05) is 19.7 Å². The lowest BCUT2D eigenvalue weighted by Crippen LogP contribution is -2.38. The largest absolute Gasteiger partial charge is 0.396 e. The molecule has 74 valence electrons. The summed E-state index contributed by atoms with van der Waals surface area (Å²) in [5, 5.41) is 8.73. The Kier molecular flexibility index (Phi) is 3.96.